The maximum atomic E-state index is 14.2. The van der Waals surface area contributed by atoms with E-state index in [4.69, 9.17) is 0 Å². The third-order valence-corrected chi connectivity index (χ3v) is 7.96. The van der Waals surface area contributed by atoms with Gasteiger partial charge in [-0.2, -0.15) is 44.3 Å². The van der Waals surface area contributed by atoms with Gasteiger partial charge >= 0.3 is 24.5 Å². The van der Waals surface area contributed by atoms with E-state index < -0.39 is 53.8 Å². The van der Waals surface area contributed by atoms with E-state index in [1.807, 2.05) is 0 Å². The number of carbonyl (C=O) groups is 1. The van der Waals surface area contributed by atoms with Gasteiger partial charge in [-0.05, 0) is 83.6 Å². The highest BCUT2D eigenvalue weighted by Crippen LogP contribution is 2.44. The molecule has 48 heavy (non-hydrogen) atoms. The molecule has 17 heteroatoms. The van der Waals surface area contributed by atoms with Gasteiger partial charge in [-0.1, -0.05) is 23.3 Å². The van der Waals surface area contributed by atoms with Gasteiger partial charge in [-0.3, -0.25) is 0 Å². The molecule has 1 atom stereocenters. The normalized spacial score (nSPS) is 15.6. The lowest BCUT2D eigenvalue weighted by Gasteiger charge is -2.33. The number of anilines is 2. The molecule has 3 aromatic carbocycles. The lowest BCUT2D eigenvalue weighted by atomic mass is 9.94. The average Bonchev–Trinajstić information content (AvgIpc) is 3.34. The summed E-state index contributed by atoms with van der Waals surface area (Å²) >= 11 is 0. The zero-order valence-corrected chi connectivity index (χ0v) is 25.2. The Balaban J connectivity index is 1.67. The summed E-state index contributed by atoms with van der Waals surface area (Å²) in [5, 5.41) is 21.3. The second kappa shape index (κ2) is 12.6. The fourth-order valence-corrected chi connectivity index (χ4v) is 5.84. The van der Waals surface area contributed by atoms with Crippen LogP contribution in [0.5, 0.6) is 0 Å². The quantitative estimate of drug-likeness (QED) is 0.199. The SMILES string of the molecule is Cc1cc2c(cc1C(F)(F)F)N(Cc1cccc(C(=O)O)c1)CCC[C@@H]2N(Cc1cc(C(F)(F)F)cc(C(F)(F)F)c1)c1nnn(C)n1. The summed E-state index contributed by atoms with van der Waals surface area (Å²) in [6, 6.07) is 8.38. The van der Waals surface area contributed by atoms with Gasteiger partial charge in [0.05, 0.1) is 35.3 Å². The number of hydrogen-bond donors (Lipinski definition) is 1. The first kappa shape index (κ1) is 34.5. The number of rotatable bonds is 7. The Kier molecular flexibility index (Phi) is 9.09. The number of carboxylic acids is 1. The lowest BCUT2D eigenvalue weighted by Crippen LogP contribution is -2.30. The highest BCUT2D eigenvalue weighted by molar-refractivity contribution is 5.87. The molecule has 0 saturated carbocycles. The Hall–Kier alpha value is -4.83. The van der Waals surface area contributed by atoms with Crippen LogP contribution in [0.4, 0.5) is 51.1 Å². The first-order valence-electron chi connectivity index (χ1n) is 14.4. The number of aromatic carboxylic acids is 1. The molecule has 0 unspecified atom stereocenters. The van der Waals surface area contributed by atoms with Crippen LogP contribution in [-0.2, 0) is 38.7 Å². The summed E-state index contributed by atoms with van der Waals surface area (Å²) in [6.45, 7) is 0.862. The molecule has 0 radical (unpaired) electrons. The number of nitrogens with zero attached hydrogens (tertiary/aromatic N) is 6. The molecule has 0 spiro atoms. The van der Waals surface area contributed by atoms with Crippen molar-refractivity contribution < 1.29 is 49.4 Å². The van der Waals surface area contributed by atoms with Crippen LogP contribution in [-0.4, -0.2) is 37.8 Å². The molecule has 1 aliphatic heterocycles. The highest BCUT2D eigenvalue weighted by Gasteiger charge is 2.39. The monoisotopic (exact) mass is 686 g/mol. The number of aryl methyl sites for hydroxylation is 2. The Morgan fingerprint density at radius 2 is 1.58 bits per heavy atom. The molecule has 4 aromatic rings. The Bertz CT molecular complexity index is 1790. The summed E-state index contributed by atoms with van der Waals surface area (Å²) < 4.78 is 125. The molecule has 8 nitrogen and oxygen atoms in total. The van der Waals surface area contributed by atoms with Crippen molar-refractivity contribution in [2.24, 2.45) is 7.05 Å². The van der Waals surface area contributed by atoms with E-state index in [1.165, 1.54) is 43.1 Å². The van der Waals surface area contributed by atoms with Crippen LogP contribution in [0.1, 0.15) is 68.2 Å². The van der Waals surface area contributed by atoms with Crippen molar-refractivity contribution in [3.05, 3.63) is 99.1 Å². The largest absolute Gasteiger partial charge is 0.478 e. The highest BCUT2D eigenvalue weighted by atomic mass is 19.4. The summed E-state index contributed by atoms with van der Waals surface area (Å²) in [7, 11) is 1.40. The Morgan fingerprint density at radius 3 is 2.15 bits per heavy atom. The van der Waals surface area contributed by atoms with E-state index in [-0.39, 0.29) is 53.9 Å². The molecule has 0 aliphatic carbocycles. The standard InChI is InChI=1S/C31H27F9N6O2/c1-17-9-23-25(7-4-8-45(26(23)14-24(17)31(38,39)40)15-18-5-3-6-20(10-18)27(47)48)46(28-41-43-44(2)42-28)16-19-11-21(29(32,33)34)13-22(12-19)30(35,36)37/h3,5-6,9-14,25H,4,7-8,15-16H2,1-2H3,(H,47,48)/t25-/m0/s1. The number of halogens is 9. The van der Waals surface area contributed by atoms with E-state index >= 15 is 0 Å². The molecular weight excluding hydrogens is 659 g/mol. The van der Waals surface area contributed by atoms with E-state index in [0.29, 0.717) is 29.7 Å². The Morgan fingerprint density at radius 1 is 0.917 bits per heavy atom. The van der Waals surface area contributed by atoms with Gasteiger partial charge in [0, 0.05) is 25.3 Å². The summed E-state index contributed by atoms with van der Waals surface area (Å²) in [6.07, 6.45) is -14.5. The van der Waals surface area contributed by atoms with E-state index in [9.17, 15) is 49.4 Å². The molecule has 1 aliphatic rings. The molecule has 256 valence electrons. The average molecular weight is 687 g/mol. The molecule has 1 N–H and O–H groups in total. The predicted molar refractivity (Wildman–Crippen MR) is 154 cm³/mol. The molecule has 1 aromatic heterocycles. The maximum absolute atomic E-state index is 14.2. The fourth-order valence-electron chi connectivity index (χ4n) is 5.84. The topological polar surface area (TPSA) is 87.4 Å². The zero-order chi connectivity index (χ0) is 35.2. The van der Waals surface area contributed by atoms with Gasteiger partial charge in [0.15, 0.2) is 0 Å². The number of tetrazole rings is 1. The molecule has 0 amide bonds. The van der Waals surface area contributed by atoms with Gasteiger partial charge in [0.2, 0.25) is 0 Å². The molecule has 0 fully saturated rings. The minimum absolute atomic E-state index is 0.00710. The third-order valence-electron chi connectivity index (χ3n) is 7.96. The van der Waals surface area contributed by atoms with Crippen LogP contribution in [0.15, 0.2) is 54.6 Å². The van der Waals surface area contributed by atoms with Crippen LogP contribution in [0.2, 0.25) is 0 Å². The fraction of sp³-hybridized carbons (Fsp3) is 0.355. The number of alkyl halides is 9. The first-order chi connectivity index (χ1) is 22.3. The third kappa shape index (κ3) is 7.49. The van der Waals surface area contributed by atoms with Crippen molar-refractivity contribution in [1.82, 2.24) is 20.2 Å². The van der Waals surface area contributed by atoms with Crippen molar-refractivity contribution in [2.75, 3.05) is 16.3 Å². The second-order valence-corrected chi connectivity index (χ2v) is 11.4. The van der Waals surface area contributed by atoms with Crippen molar-refractivity contribution in [3.8, 4) is 0 Å². The van der Waals surface area contributed by atoms with Gasteiger partial charge in [0.1, 0.15) is 0 Å². The van der Waals surface area contributed by atoms with Crippen LogP contribution in [0, 0.1) is 6.92 Å². The van der Waals surface area contributed by atoms with E-state index in [0.717, 1.165) is 10.9 Å². The molecular formula is C31H27F9N6O2. The van der Waals surface area contributed by atoms with Crippen LogP contribution in [0.3, 0.4) is 0 Å². The minimum atomic E-state index is -5.11. The van der Waals surface area contributed by atoms with E-state index in [1.54, 1.807) is 11.0 Å². The van der Waals surface area contributed by atoms with Crippen molar-refractivity contribution >= 4 is 17.6 Å². The molecule has 5 rings (SSSR count). The van der Waals surface area contributed by atoms with Crippen molar-refractivity contribution in [2.45, 2.75) is 57.4 Å². The van der Waals surface area contributed by atoms with E-state index in [2.05, 4.69) is 15.4 Å². The van der Waals surface area contributed by atoms with Crippen molar-refractivity contribution in [1.29, 1.82) is 0 Å². The second-order valence-electron chi connectivity index (χ2n) is 11.4. The number of carboxylic acid groups (broad SMARTS) is 1. The molecule has 2 heterocycles. The van der Waals surface area contributed by atoms with Crippen LogP contribution >= 0.6 is 0 Å². The smallest absolute Gasteiger partial charge is 0.416 e. The summed E-state index contributed by atoms with van der Waals surface area (Å²) in [5.74, 6) is -1.36. The van der Waals surface area contributed by atoms with Crippen LogP contribution < -0.4 is 9.80 Å². The van der Waals surface area contributed by atoms with Gasteiger partial charge in [-0.15, -0.1) is 5.10 Å². The molecule has 0 bridgehead atoms. The number of hydrogen-bond acceptors (Lipinski definition) is 6. The maximum Gasteiger partial charge on any atom is 0.416 e. The van der Waals surface area contributed by atoms with Gasteiger partial charge in [-0.25, -0.2) is 4.79 Å². The Labute approximate surface area is 267 Å². The summed E-state index contributed by atoms with van der Waals surface area (Å²) in [5.41, 5.74) is -3.69. The number of benzene rings is 3. The minimum Gasteiger partial charge on any atom is -0.478 e. The number of aromatic nitrogens is 4. The van der Waals surface area contributed by atoms with Crippen molar-refractivity contribution in [3.63, 3.8) is 0 Å². The number of fused-ring (bicyclic) bond motifs is 1. The lowest BCUT2D eigenvalue weighted by molar-refractivity contribution is -0.143. The van der Waals surface area contributed by atoms with Gasteiger partial charge in [0.25, 0.3) is 5.95 Å². The van der Waals surface area contributed by atoms with Crippen LogP contribution in [0.25, 0.3) is 0 Å². The summed E-state index contributed by atoms with van der Waals surface area (Å²) in [4.78, 5) is 15.6. The van der Waals surface area contributed by atoms with Gasteiger partial charge < -0.3 is 14.9 Å². The molecule has 0 saturated heterocycles. The zero-order valence-electron chi connectivity index (χ0n) is 25.2. The first-order valence-corrected chi connectivity index (χ1v) is 14.4. The predicted octanol–water partition coefficient (Wildman–Crippen LogP) is 7.82.